The van der Waals surface area contributed by atoms with E-state index in [0.717, 1.165) is 10.5 Å². The quantitative estimate of drug-likeness (QED) is 0.575. The summed E-state index contributed by atoms with van der Waals surface area (Å²) in [5.74, 6) is -0.824. The predicted octanol–water partition coefficient (Wildman–Crippen LogP) is 1.11. The third-order valence-corrected chi connectivity index (χ3v) is 2.90. The molecule has 0 N–H and O–H groups in total. The number of rotatable bonds is 5. The summed E-state index contributed by atoms with van der Waals surface area (Å²) >= 11 is 0. The lowest BCUT2D eigenvalue weighted by atomic mass is 10.1. The maximum absolute atomic E-state index is 11.5. The Labute approximate surface area is 105 Å². The van der Waals surface area contributed by atoms with Crippen LogP contribution in [0.15, 0.2) is 42.5 Å². The van der Waals surface area contributed by atoms with Crippen LogP contribution in [0.4, 0.5) is 0 Å². The van der Waals surface area contributed by atoms with Crippen molar-refractivity contribution in [2.24, 2.45) is 0 Å². The van der Waals surface area contributed by atoms with Crippen molar-refractivity contribution in [3.8, 4) is 0 Å². The van der Waals surface area contributed by atoms with Gasteiger partial charge in [0, 0.05) is 12.2 Å². The van der Waals surface area contributed by atoms with Crippen LogP contribution in [0.1, 0.15) is 12.0 Å². The molecule has 18 heavy (non-hydrogen) atoms. The van der Waals surface area contributed by atoms with Crippen LogP contribution >= 0.6 is 0 Å². The van der Waals surface area contributed by atoms with Crippen LogP contribution in [0.2, 0.25) is 0 Å². The first kappa shape index (κ1) is 12.2. The predicted molar refractivity (Wildman–Crippen MR) is 65.6 cm³/mol. The fraction of sp³-hybridized carbons (Fsp3) is 0.214. The van der Waals surface area contributed by atoms with Gasteiger partial charge in [0.1, 0.15) is 6.29 Å². The smallest absolute Gasteiger partial charge is 0.254 e. The largest absolute Gasteiger partial charge is 0.301 e. The number of benzene rings is 1. The average Bonchev–Trinajstić information content (AvgIpc) is 2.73. The van der Waals surface area contributed by atoms with Gasteiger partial charge < -0.3 is 4.79 Å². The van der Waals surface area contributed by atoms with E-state index < -0.39 is 17.9 Å². The maximum Gasteiger partial charge on any atom is 0.254 e. The van der Waals surface area contributed by atoms with E-state index in [2.05, 4.69) is 0 Å². The molecule has 4 nitrogen and oxygen atoms in total. The fourth-order valence-electron chi connectivity index (χ4n) is 1.96. The zero-order valence-electron chi connectivity index (χ0n) is 9.78. The van der Waals surface area contributed by atoms with E-state index in [1.165, 1.54) is 12.2 Å². The highest BCUT2D eigenvalue weighted by Gasteiger charge is 2.30. The second-order valence-electron chi connectivity index (χ2n) is 4.11. The molecule has 92 valence electrons. The van der Waals surface area contributed by atoms with Gasteiger partial charge in [-0.2, -0.15) is 0 Å². The molecule has 0 spiro atoms. The van der Waals surface area contributed by atoms with Crippen molar-refractivity contribution in [3.05, 3.63) is 48.0 Å². The molecule has 0 fully saturated rings. The average molecular weight is 243 g/mol. The van der Waals surface area contributed by atoms with Gasteiger partial charge in [-0.1, -0.05) is 30.3 Å². The van der Waals surface area contributed by atoms with E-state index in [1.54, 1.807) is 0 Å². The lowest BCUT2D eigenvalue weighted by molar-refractivity contribution is -0.142. The molecule has 4 heteroatoms. The Hall–Kier alpha value is -2.23. The van der Waals surface area contributed by atoms with Gasteiger partial charge in [-0.05, 0) is 18.4 Å². The highest BCUT2D eigenvalue weighted by atomic mass is 16.2. The van der Waals surface area contributed by atoms with Gasteiger partial charge in [0.25, 0.3) is 11.8 Å². The first-order valence-corrected chi connectivity index (χ1v) is 5.77. The van der Waals surface area contributed by atoms with E-state index >= 15 is 0 Å². The highest BCUT2D eigenvalue weighted by molar-refractivity contribution is 6.14. The van der Waals surface area contributed by atoms with E-state index in [1.807, 2.05) is 30.3 Å². The van der Waals surface area contributed by atoms with E-state index in [0.29, 0.717) is 19.1 Å². The third kappa shape index (κ3) is 2.53. The highest BCUT2D eigenvalue weighted by Crippen LogP contribution is 2.13. The van der Waals surface area contributed by atoms with Crippen LogP contribution in [0, 0.1) is 0 Å². The van der Waals surface area contributed by atoms with E-state index in [9.17, 15) is 14.4 Å². The lowest BCUT2D eigenvalue weighted by Crippen LogP contribution is -2.41. The third-order valence-electron chi connectivity index (χ3n) is 2.90. The zero-order chi connectivity index (χ0) is 13.0. The molecular weight excluding hydrogens is 230 g/mol. The van der Waals surface area contributed by atoms with Crippen molar-refractivity contribution in [3.63, 3.8) is 0 Å². The Bertz CT molecular complexity index is 475. The summed E-state index contributed by atoms with van der Waals surface area (Å²) in [5, 5.41) is 0. The van der Waals surface area contributed by atoms with E-state index in [4.69, 9.17) is 0 Å². The first-order valence-electron chi connectivity index (χ1n) is 5.77. The summed E-state index contributed by atoms with van der Waals surface area (Å²) in [5.41, 5.74) is 1.08. The Morgan fingerprint density at radius 2 is 1.67 bits per heavy atom. The minimum Gasteiger partial charge on any atom is -0.301 e. The van der Waals surface area contributed by atoms with Crippen LogP contribution in [-0.4, -0.2) is 29.0 Å². The second kappa shape index (κ2) is 5.40. The Kier molecular flexibility index (Phi) is 3.67. The minimum atomic E-state index is -0.680. The Balaban J connectivity index is 2.00. The second-order valence-corrected chi connectivity index (χ2v) is 4.11. The van der Waals surface area contributed by atoms with Crippen LogP contribution in [0.5, 0.6) is 0 Å². The normalized spacial score (nSPS) is 16.1. The molecule has 1 aromatic carbocycles. The van der Waals surface area contributed by atoms with Gasteiger partial charge in [-0.3, -0.25) is 14.5 Å². The molecular formula is C14H13NO3. The van der Waals surface area contributed by atoms with Gasteiger partial charge in [0.2, 0.25) is 0 Å². The molecule has 1 unspecified atom stereocenters. The summed E-state index contributed by atoms with van der Waals surface area (Å²) in [7, 11) is 0. The zero-order valence-corrected chi connectivity index (χ0v) is 9.78. The number of aryl methyl sites for hydroxylation is 1. The summed E-state index contributed by atoms with van der Waals surface area (Å²) in [6.45, 7) is 0. The molecule has 0 bridgehead atoms. The number of hydrogen-bond acceptors (Lipinski definition) is 3. The number of nitrogens with zero attached hydrogens (tertiary/aromatic N) is 1. The fourth-order valence-corrected chi connectivity index (χ4v) is 1.96. The van der Waals surface area contributed by atoms with Crippen LogP contribution in [-0.2, 0) is 20.8 Å². The van der Waals surface area contributed by atoms with Gasteiger partial charge >= 0.3 is 0 Å². The molecule has 0 radical (unpaired) electrons. The minimum absolute atomic E-state index is 0.412. The van der Waals surface area contributed by atoms with Gasteiger partial charge in [-0.15, -0.1) is 0 Å². The van der Waals surface area contributed by atoms with Gasteiger partial charge in [0.05, 0.1) is 6.04 Å². The molecule has 0 aliphatic carbocycles. The van der Waals surface area contributed by atoms with Crippen molar-refractivity contribution in [1.29, 1.82) is 0 Å². The SMILES string of the molecule is O=CC(CCc1ccccc1)N1C(=O)C=CC1=O. The van der Waals surface area contributed by atoms with Crippen LogP contribution < -0.4 is 0 Å². The Morgan fingerprint density at radius 3 is 2.22 bits per heavy atom. The molecule has 0 aromatic heterocycles. The molecule has 1 aliphatic heterocycles. The molecule has 0 saturated heterocycles. The summed E-state index contributed by atoms with van der Waals surface area (Å²) < 4.78 is 0. The summed E-state index contributed by atoms with van der Waals surface area (Å²) in [6, 6.07) is 8.97. The van der Waals surface area contributed by atoms with E-state index in [-0.39, 0.29) is 0 Å². The van der Waals surface area contributed by atoms with Crippen molar-refractivity contribution < 1.29 is 14.4 Å². The molecule has 1 atom stereocenters. The topological polar surface area (TPSA) is 54.5 Å². The standard InChI is InChI=1S/C14H13NO3/c16-10-12(15-13(17)8-9-14(15)18)7-6-11-4-2-1-3-5-11/h1-5,8-10,12H,6-7H2. The van der Waals surface area contributed by atoms with Crippen molar-refractivity contribution in [1.82, 2.24) is 4.90 Å². The lowest BCUT2D eigenvalue weighted by Gasteiger charge is -2.20. The number of hydrogen-bond donors (Lipinski definition) is 0. The molecule has 1 aliphatic rings. The first-order chi connectivity index (χ1) is 8.72. The monoisotopic (exact) mass is 243 g/mol. The molecule has 1 aromatic rings. The molecule has 0 saturated carbocycles. The number of aldehydes is 1. The number of amides is 2. The van der Waals surface area contributed by atoms with Gasteiger partial charge in [-0.25, -0.2) is 0 Å². The van der Waals surface area contributed by atoms with Crippen molar-refractivity contribution >= 4 is 18.1 Å². The summed E-state index contributed by atoms with van der Waals surface area (Å²) in [6.07, 6.45) is 4.16. The molecule has 2 amide bonds. The number of carbonyl (C=O) groups is 3. The van der Waals surface area contributed by atoms with Crippen LogP contribution in [0.25, 0.3) is 0 Å². The van der Waals surface area contributed by atoms with Gasteiger partial charge in [0.15, 0.2) is 0 Å². The number of imide groups is 1. The maximum atomic E-state index is 11.5. The van der Waals surface area contributed by atoms with Crippen molar-refractivity contribution in [2.75, 3.05) is 0 Å². The summed E-state index contributed by atoms with van der Waals surface area (Å²) in [4.78, 5) is 35.0. The molecule has 1 heterocycles. The molecule has 2 rings (SSSR count). The van der Waals surface area contributed by atoms with Crippen LogP contribution in [0.3, 0.4) is 0 Å². The number of carbonyl (C=O) groups excluding carboxylic acids is 3. The Morgan fingerprint density at radius 1 is 1.06 bits per heavy atom. The van der Waals surface area contributed by atoms with Crippen molar-refractivity contribution in [2.45, 2.75) is 18.9 Å².